The number of amides is 1. The van der Waals surface area contributed by atoms with Crippen molar-refractivity contribution >= 4 is 28.6 Å². The first-order valence-corrected chi connectivity index (χ1v) is 11.8. The molecule has 0 spiro atoms. The number of aromatic nitrogens is 2. The van der Waals surface area contributed by atoms with Gasteiger partial charge >= 0.3 is 0 Å². The van der Waals surface area contributed by atoms with E-state index in [4.69, 9.17) is 4.74 Å². The van der Waals surface area contributed by atoms with E-state index in [1.807, 2.05) is 6.07 Å². The molecule has 0 unspecified atom stereocenters. The van der Waals surface area contributed by atoms with Crippen molar-refractivity contribution < 1.29 is 13.9 Å². The standard InChI is InChI=1S/C24H26FN3O3S/c25-20-10-3-1-7-17(20)16-32-24-27-21-11-4-2-9-19(21)23(30)28(24)13-5-12-22(29)26-15-18-8-6-14-31-18/h1-4,7,9-11,18H,5-6,8,12-16H2,(H,26,29)/t18-/m1/s1. The summed E-state index contributed by atoms with van der Waals surface area (Å²) in [6.07, 6.45) is 2.92. The van der Waals surface area contributed by atoms with E-state index in [0.717, 1.165) is 19.4 Å². The average molecular weight is 456 g/mol. The summed E-state index contributed by atoms with van der Waals surface area (Å²) in [6.45, 7) is 1.65. The molecule has 1 aromatic heterocycles. The molecule has 2 heterocycles. The normalized spacial score (nSPS) is 15.8. The Bertz CT molecular complexity index is 1140. The number of ether oxygens (including phenoxy) is 1. The summed E-state index contributed by atoms with van der Waals surface area (Å²) >= 11 is 1.32. The van der Waals surface area contributed by atoms with Crippen molar-refractivity contribution in [3.05, 3.63) is 70.3 Å². The summed E-state index contributed by atoms with van der Waals surface area (Å²) in [5, 5.41) is 3.97. The summed E-state index contributed by atoms with van der Waals surface area (Å²) in [5.74, 6) is 0.0275. The number of hydrogen-bond acceptors (Lipinski definition) is 5. The number of para-hydroxylation sites is 1. The lowest BCUT2D eigenvalue weighted by Crippen LogP contribution is -2.32. The van der Waals surface area contributed by atoms with E-state index in [2.05, 4.69) is 10.3 Å². The van der Waals surface area contributed by atoms with Crippen LogP contribution in [0.1, 0.15) is 31.2 Å². The molecule has 4 rings (SSSR count). The van der Waals surface area contributed by atoms with Gasteiger partial charge in [-0.3, -0.25) is 14.2 Å². The number of nitrogens with zero attached hydrogens (tertiary/aromatic N) is 2. The zero-order chi connectivity index (χ0) is 22.3. The molecule has 6 nitrogen and oxygen atoms in total. The molecule has 3 aromatic rings. The highest BCUT2D eigenvalue weighted by Gasteiger charge is 2.17. The van der Waals surface area contributed by atoms with E-state index in [1.165, 1.54) is 17.8 Å². The number of halogens is 1. The monoisotopic (exact) mass is 455 g/mol. The third-order valence-electron chi connectivity index (χ3n) is 5.48. The molecule has 168 valence electrons. The Morgan fingerprint density at radius 3 is 2.84 bits per heavy atom. The third kappa shape index (κ3) is 5.55. The fourth-order valence-corrected chi connectivity index (χ4v) is 4.74. The number of carbonyl (C=O) groups is 1. The highest BCUT2D eigenvalue weighted by molar-refractivity contribution is 7.98. The zero-order valence-corrected chi connectivity index (χ0v) is 18.6. The first kappa shape index (κ1) is 22.5. The molecule has 0 bridgehead atoms. The van der Waals surface area contributed by atoms with Gasteiger partial charge in [0, 0.05) is 31.9 Å². The highest BCUT2D eigenvalue weighted by atomic mass is 32.2. The van der Waals surface area contributed by atoms with Crippen LogP contribution in [0.15, 0.2) is 58.5 Å². The van der Waals surface area contributed by atoms with Gasteiger partial charge in [-0.05, 0) is 43.0 Å². The predicted molar refractivity (Wildman–Crippen MR) is 123 cm³/mol. The Hall–Kier alpha value is -2.71. The van der Waals surface area contributed by atoms with E-state index >= 15 is 0 Å². The van der Waals surface area contributed by atoms with E-state index in [-0.39, 0.29) is 23.4 Å². The van der Waals surface area contributed by atoms with Crippen molar-refractivity contribution in [1.82, 2.24) is 14.9 Å². The molecule has 2 aromatic carbocycles. The van der Waals surface area contributed by atoms with Crippen LogP contribution in [0.4, 0.5) is 4.39 Å². The Morgan fingerprint density at radius 2 is 2.03 bits per heavy atom. The van der Waals surface area contributed by atoms with Gasteiger partial charge in [-0.25, -0.2) is 9.37 Å². The van der Waals surface area contributed by atoms with Crippen molar-refractivity contribution in [2.45, 2.75) is 49.2 Å². The van der Waals surface area contributed by atoms with Gasteiger partial charge in [0.1, 0.15) is 5.82 Å². The lowest BCUT2D eigenvalue weighted by molar-refractivity contribution is -0.121. The maximum absolute atomic E-state index is 14.0. The van der Waals surface area contributed by atoms with Crippen LogP contribution in [0.5, 0.6) is 0 Å². The number of fused-ring (bicyclic) bond motifs is 1. The average Bonchev–Trinajstić information content (AvgIpc) is 3.33. The third-order valence-corrected chi connectivity index (χ3v) is 6.50. The highest BCUT2D eigenvalue weighted by Crippen LogP contribution is 2.24. The Balaban J connectivity index is 1.45. The van der Waals surface area contributed by atoms with Gasteiger partial charge in [0.05, 0.1) is 17.0 Å². The zero-order valence-electron chi connectivity index (χ0n) is 17.8. The number of hydrogen-bond donors (Lipinski definition) is 1. The molecule has 1 fully saturated rings. The smallest absolute Gasteiger partial charge is 0.262 e. The van der Waals surface area contributed by atoms with Gasteiger partial charge in [-0.2, -0.15) is 0 Å². The molecule has 0 aliphatic carbocycles. The largest absolute Gasteiger partial charge is 0.376 e. The van der Waals surface area contributed by atoms with Crippen LogP contribution in [0.2, 0.25) is 0 Å². The molecule has 1 saturated heterocycles. The Kier molecular flexibility index (Phi) is 7.55. The van der Waals surface area contributed by atoms with Gasteiger partial charge < -0.3 is 10.1 Å². The van der Waals surface area contributed by atoms with Crippen molar-refractivity contribution in [3.8, 4) is 0 Å². The van der Waals surface area contributed by atoms with E-state index in [0.29, 0.717) is 53.3 Å². The molecule has 1 aliphatic heterocycles. The summed E-state index contributed by atoms with van der Waals surface area (Å²) in [5.41, 5.74) is 1.02. The van der Waals surface area contributed by atoms with Crippen molar-refractivity contribution in [3.63, 3.8) is 0 Å². The lowest BCUT2D eigenvalue weighted by atomic mass is 10.2. The summed E-state index contributed by atoms with van der Waals surface area (Å²) in [7, 11) is 0. The van der Waals surface area contributed by atoms with E-state index in [9.17, 15) is 14.0 Å². The maximum atomic E-state index is 14.0. The second-order valence-electron chi connectivity index (χ2n) is 7.79. The minimum atomic E-state index is -0.280. The minimum Gasteiger partial charge on any atom is -0.376 e. The topological polar surface area (TPSA) is 73.2 Å². The van der Waals surface area contributed by atoms with Gasteiger partial charge in [0.15, 0.2) is 5.16 Å². The number of nitrogens with one attached hydrogen (secondary N) is 1. The summed E-state index contributed by atoms with van der Waals surface area (Å²) < 4.78 is 21.2. The fourth-order valence-electron chi connectivity index (χ4n) is 3.73. The molecular formula is C24H26FN3O3S. The summed E-state index contributed by atoms with van der Waals surface area (Å²) in [6, 6.07) is 13.8. The van der Waals surface area contributed by atoms with Crippen LogP contribution >= 0.6 is 11.8 Å². The van der Waals surface area contributed by atoms with E-state index < -0.39 is 0 Å². The van der Waals surface area contributed by atoms with Gasteiger partial charge in [-0.15, -0.1) is 0 Å². The Labute approximate surface area is 190 Å². The van der Waals surface area contributed by atoms with Crippen molar-refractivity contribution in [2.24, 2.45) is 0 Å². The van der Waals surface area contributed by atoms with Crippen LogP contribution < -0.4 is 10.9 Å². The maximum Gasteiger partial charge on any atom is 0.262 e. The quantitative estimate of drug-likeness (QED) is 0.391. The number of thioether (sulfide) groups is 1. The second-order valence-corrected chi connectivity index (χ2v) is 8.73. The van der Waals surface area contributed by atoms with Crippen molar-refractivity contribution in [2.75, 3.05) is 13.2 Å². The SMILES string of the molecule is O=C(CCCn1c(SCc2ccccc2F)nc2ccccc2c1=O)NC[C@H]1CCCO1. The van der Waals surface area contributed by atoms with Crippen molar-refractivity contribution in [1.29, 1.82) is 0 Å². The van der Waals surface area contributed by atoms with Gasteiger partial charge in [0.25, 0.3) is 5.56 Å². The molecule has 1 aliphatic rings. The predicted octanol–water partition coefficient (Wildman–Crippen LogP) is 3.90. The minimum absolute atomic E-state index is 0.0529. The van der Waals surface area contributed by atoms with Crippen LogP contribution in [-0.2, 0) is 21.8 Å². The van der Waals surface area contributed by atoms with Crippen LogP contribution in [0.3, 0.4) is 0 Å². The number of benzene rings is 2. The van der Waals surface area contributed by atoms with Gasteiger partial charge in [0.2, 0.25) is 5.91 Å². The fraction of sp³-hybridized carbons (Fsp3) is 0.375. The molecule has 1 N–H and O–H groups in total. The molecule has 1 amide bonds. The van der Waals surface area contributed by atoms with Gasteiger partial charge in [-0.1, -0.05) is 42.1 Å². The number of carbonyl (C=O) groups excluding carboxylic acids is 1. The summed E-state index contributed by atoms with van der Waals surface area (Å²) in [4.78, 5) is 30.0. The number of rotatable bonds is 9. The molecule has 1 atom stereocenters. The van der Waals surface area contributed by atoms with Crippen LogP contribution in [-0.4, -0.2) is 34.7 Å². The van der Waals surface area contributed by atoms with Crippen LogP contribution in [0.25, 0.3) is 10.9 Å². The lowest BCUT2D eigenvalue weighted by Gasteiger charge is -2.14. The molecule has 0 saturated carbocycles. The first-order valence-electron chi connectivity index (χ1n) is 10.9. The van der Waals surface area contributed by atoms with E-state index in [1.54, 1.807) is 41.0 Å². The Morgan fingerprint density at radius 1 is 1.22 bits per heavy atom. The molecule has 32 heavy (non-hydrogen) atoms. The molecule has 8 heteroatoms. The molecule has 0 radical (unpaired) electrons. The second kappa shape index (κ2) is 10.7. The molecular weight excluding hydrogens is 429 g/mol. The first-order chi connectivity index (χ1) is 15.6. The van der Waals surface area contributed by atoms with Crippen LogP contribution in [0, 0.1) is 5.82 Å².